The number of alkyl halides is 3. The first-order chi connectivity index (χ1) is 8.28. The van der Waals surface area contributed by atoms with Gasteiger partial charge in [-0.2, -0.15) is 0 Å². The van der Waals surface area contributed by atoms with E-state index in [0.29, 0.717) is 12.0 Å². The molecule has 0 heterocycles. The molecule has 0 saturated carbocycles. The molecule has 0 aliphatic rings. The maximum absolute atomic E-state index is 11.9. The van der Waals surface area contributed by atoms with E-state index < -0.39 is 18.3 Å². The van der Waals surface area contributed by atoms with Crippen molar-refractivity contribution in [2.45, 2.75) is 25.2 Å². The number of rotatable bonds is 5. The number of amides is 1. The lowest BCUT2D eigenvalue weighted by molar-refractivity contribution is -0.274. The molecule has 18 heavy (non-hydrogen) atoms. The summed E-state index contributed by atoms with van der Waals surface area (Å²) in [6, 6.07) is 4.75. The van der Waals surface area contributed by atoms with Crippen LogP contribution in [0.1, 0.15) is 24.4 Å². The molecule has 100 valence electrons. The van der Waals surface area contributed by atoms with Gasteiger partial charge in [-0.1, -0.05) is 12.1 Å². The van der Waals surface area contributed by atoms with Gasteiger partial charge >= 0.3 is 6.36 Å². The molecule has 1 atom stereocenters. The van der Waals surface area contributed by atoms with Crippen molar-refractivity contribution in [3.63, 3.8) is 0 Å². The van der Waals surface area contributed by atoms with E-state index in [0.717, 1.165) is 0 Å². The van der Waals surface area contributed by atoms with Gasteiger partial charge in [-0.05, 0) is 24.1 Å². The molecule has 0 aromatic heterocycles. The second-order valence-electron chi connectivity index (χ2n) is 3.73. The summed E-state index contributed by atoms with van der Waals surface area (Å²) in [6.45, 7) is 0. The van der Waals surface area contributed by atoms with Gasteiger partial charge in [0.25, 0.3) is 0 Å². The molecule has 1 amide bonds. The van der Waals surface area contributed by atoms with Crippen molar-refractivity contribution in [2.24, 2.45) is 11.5 Å². The molecule has 0 radical (unpaired) electrons. The zero-order valence-corrected chi connectivity index (χ0v) is 9.41. The highest BCUT2D eigenvalue weighted by molar-refractivity contribution is 5.73. The Hall–Kier alpha value is -1.76. The molecule has 0 bridgehead atoms. The first-order valence-electron chi connectivity index (χ1n) is 5.17. The molecule has 1 aromatic rings. The summed E-state index contributed by atoms with van der Waals surface area (Å²) in [5.74, 6) is -0.782. The van der Waals surface area contributed by atoms with Crippen LogP contribution < -0.4 is 16.2 Å². The van der Waals surface area contributed by atoms with Crippen LogP contribution in [0.25, 0.3) is 0 Å². The van der Waals surface area contributed by atoms with E-state index in [2.05, 4.69) is 4.74 Å². The van der Waals surface area contributed by atoms with Gasteiger partial charge in [-0.3, -0.25) is 4.79 Å². The zero-order chi connectivity index (χ0) is 13.8. The molecule has 0 spiro atoms. The molecule has 7 heteroatoms. The summed E-state index contributed by atoms with van der Waals surface area (Å²) in [5, 5.41) is 0. The van der Waals surface area contributed by atoms with E-state index in [1.54, 1.807) is 0 Å². The zero-order valence-electron chi connectivity index (χ0n) is 9.41. The average Bonchev–Trinajstić information content (AvgIpc) is 2.24. The Morgan fingerprint density at radius 2 is 1.83 bits per heavy atom. The number of halogens is 3. The molecule has 0 aliphatic heterocycles. The van der Waals surface area contributed by atoms with Crippen molar-refractivity contribution in [3.8, 4) is 5.75 Å². The van der Waals surface area contributed by atoms with Gasteiger partial charge in [0, 0.05) is 12.5 Å². The van der Waals surface area contributed by atoms with Crippen molar-refractivity contribution in [3.05, 3.63) is 29.8 Å². The van der Waals surface area contributed by atoms with Gasteiger partial charge in [0.15, 0.2) is 0 Å². The van der Waals surface area contributed by atoms with E-state index in [-0.39, 0.29) is 12.2 Å². The van der Waals surface area contributed by atoms with Gasteiger partial charge in [0.1, 0.15) is 5.75 Å². The Kier molecular flexibility index (Phi) is 4.55. The average molecular weight is 262 g/mol. The number of primary amides is 1. The predicted octanol–water partition coefficient (Wildman–Crippen LogP) is 1.85. The van der Waals surface area contributed by atoms with Gasteiger partial charge in [0.2, 0.25) is 5.91 Å². The van der Waals surface area contributed by atoms with E-state index in [4.69, 9.17) is 11.5 Å². The number of hydrogen-bond acceptors (Lipinski definition) is 3. The van der Waals surface area contributed by atoms with Gasteiger partial charge in [-0.25, -0.2) is 0 Å². The van der Waals surface area contributed by atoms with Crippen LogP contribution in [-0.2, 0) is 4.79 Å². The Bertz CT molecular complexity index is 404. The Labute approximate surface area is 102 Å². The molecule has 4 N–H and O–H groups in total. The minimum atomic E-state index is -4.71. The fraction of sp³-hybridized carbons (Fsp3) is 0.364. The molecule has 1 unspecified atom stereocenters. The fourth-order valence-electron chi connectivity index (χ4n) is 1.38. The lowest BCUT2D eigenvalue weighted by Gasteiger charge is -2.13. The summed E-state index contributed by atoms with van der Waals surface area (Å²) in [7, 11) is 0. The van der Waals surface area contributed by atoms with Crippen molar-refractivity contribution in [1.82, 2.24) is 0 Å². The smallest absolute Gasteiger partial charge is 0.406 e. The molecule has 4 nitrogen and oxygen atoms in total. The minimum absolute atomic E-state index is 0.127. The second-order valence-corrected chi connectivity index (χ2v) is 3.73. The topological polar surface area (TPSA) is 78.3 Å². The van der Waals surface area contributed by atoms with Gasteiger partial charge in [-0.15, -0.1) is 13.2 Å². The predicted molar refractivity (Wildman–Crippen MR) is 58.5 cm³/mol. The van der Waals surface area contributed by atoms with Crippen LogP contribution in [0.3, 0.4) is 0 Å². The molecule has 0 aliphatic carbocycles. The number of carbonyl (C=O) groups excluding carboxylic acids is 1. The van der Waals surface area contributed by atoms with Crippen LogP contribution in [0, 0.1) is 0 Å². The summed E-state index contributed by atoms with van der Waals surface area (Å²) in [4.78, 5) is 10.6. The number of nitrogens with two attached hydrogens (primary N) is 2. The lowest BCUT2D eigenvalue weighted by Crippen LogP contribution is -2.18. The highest BCUT2D eigenvalue weighted by Crippen LogP contribution is 2.24. The third-order valence-corrected chi connectivity index (χ3v) is 2.24. The maximum Gasteiger partial charge on any atom is 0.573 e. The van der Waals surface area contributed by atoms with Crippen LogP contribution in [-0.4, -0.2) is 12.3 Å². The highest BCUT2D eigenvalue weighted by Gasteiger charge is 2.30. The lowest BCUT2D eigenvalue weighted by atomic mass is 10.0. The first kappa shape index (κ1) is 14.3. The minimum Gasteiger partial charge on any atom is -0.406 e. The van der Waals surface area contributed by atoms with E-state index >= 15 is 0 Å². The number of hydrogen-bond donors (Lipinski definition) is 2. The Morgan fingerprint density at radius 1 is 1.28 bits per heavy atom. The maximum atomic E-state index is 11.9. The quantitative estimate of drug-likeness (QED) is 0.850. The summed E-state index contributed by atoms with van der Waals surface area (Å²) >= 11 is 0. The van der Waals surface area contributed by atoms with Crippen molar-refractivity contribution < 1.29 is 22.7 Å². The molecule has 1 rings (SSSR count). The third kappa shape index (κ3) is 5.05. The molecule has 0 saturated heterocycles. The normalized spacial score (nSPS) is 13.1. The summed E-state index contributed by atoms with van der Waals surface area (Å²) in [6.07, 6.45) is -4.24. The van der Waals surface area contributed by atoms with Crippen molar-refractivity contribution in [2.75, 3.05) is 0 Å². The van der Waals surface area contributed by atoms with Crippen molar-refractivity contribution in [1.29, 1.82) is 0 Å². The Morgan fingerprint density at radius 3 is 2.28 bits per heavy atom. The van der Waals surface area contributed by atoms with Crippen LogP contribution in [0.5, 0.6) is 5.75 Å². The Balaban J connectivity index is 2.62. The summed E-state index contributed by atoms with van der Waals surface area (Å²) in [5.41, 5.74) is 11.3. The van der Waals surface area contributed by atoms with E-state index in [9.17, 15) is 18.0 Å². The number of ether oxygens (including phenoxy) is 1. The molecular weight excluding hydrogens is 249 g/mol. The monoisotopic (exact) mass is 262 g/mol. The molecule has 0 fully saturated rings. The van der Waals surface area contributed by atoms with E-state index in [1.165, 1.54) is 24.3 Å². The SMILES string of the molecule is NC(=O)CCC(N)c1ccc(OC(F)(F)F)cc1. The second kappa shape index (κ2) is 5.72. The van der Waals surface area contributed by atoms with Crippen LogP contribution in [0.15, 0.2) is 24.3 Å². The largest absolute Gasteiger partial charge is 0.573 e. The first-order valence-corrected chi connectivity index (χ1v) is 5.17. The van der Waals surface area contributed by atoms with Gasteiger partial charge in [0.05, 0.1) is 0 Å². The summed E-state index contributed by atoms with van der Waals surface area (Å²) < 4.78 is 39.5. The fourth-order valence-corrected chi connectivity index (χ4v) is 1.38. The number of benzene rings is 1. The van der Waals surface area contributed by atoms with Crippen molar-refractivity contribution >= 4 is 5.91 Å². The van der Waals surface area contributed by atoms with Gasteiger partial charge < -0.3 is 16.2 Å². The molecular formula is C11H13F3N2O2. The van der Waals surface area contributed by atoms with E-state index in [1.807, 2.05) is 0 Å². The van der Waals surface area contributed by atoms with Crippen LogP contribution in [0.2, 0.25) is 0 Å². The highest BCUT2D eigenvalue weighted by atomic mass is 19.4. The van der Waals surface area contributed by atoms with Crippen LogP contribution in [0.4, 0.5) is 13.2 Å². The molecule has 1 aromatic carbocycles. The number of carbonyl (C=O) groups is 1. The third-order valence-electron chi connectivity index (χ3n) is 2.24. The standard InChI is InChI=1S/C11H13F3N2O2/c12-11(13,14)18-8-3-1-7(2-4-8)9(15)5-6-10(16)17/h1-4,9H,5-6,15H2,(H2,16,17). The van der Waals surface area contributed by atoms with Crippen LogP contribution >= 0.6 is 0 Å².